The van der Waals surface area contributed by atoms with Crippen LogP contribution in [-0.2, 0) is 13.0 Å². The number of hydrogen-bond donors (Lipinski definition) is 0. The number of rotatable bonds is 2. The Bertz CT molecular complexity index is 761. The van der Waals surface area contributed by atoms with Crippen molar-refractivity contribution in [2.45, 2.75) is 25.4 Å². The standard InChI is InChI=1S/C20H21FN2O/c21-19-8-4-3-7-18(19)20(24)23-12-10-17(14-23)22-11-9-15-5-1-2-6-16(15)13-22/h1-8,17H,9-14H2. The summed E-state index contributed by atoms with van der Waals surface area (Å²) in [5.41, 5.74) is 3.01. The van der Waals surface area contributed by atoms with E-state index in [9.17, 15) is 9.18 Å². The maximum absolute atomic E-state index is 13.9. The molecule has 0 radical (unpaired) electrons. The van der Waals surface area contributed by atoms with Crippen molar-refractivity contribution in [1.82, 2.24) is 9.80 Å². The fourth-order valence-electron chi connectivity index (χ4n) is 3.86. The molecule has 2 aliphatic rings. The summed E-state index contributed by atoms with van der Waals surface area (Å²) in [5, 5.41) is 0. The minimum absolute atomic E-state index is 0.183. The van der Waals surface area contributed by atoms with Crippen LogP contribution in [0, 0.1) is 5.82 Å². The molecule has 2 aromatic rings. The van der Waals surface area contributed by atoms with Crippen LogP contribution in [0.4, 0.5) is 4.39 Å². The van der Waals surface area contributed by atoms with Crippen LogP contribution in [0.3, 0.4) is 0 Å². The molecular formula is C20H21FN2O. The van der Waals surface area contributed by atoms with Crippen LogP contribution < -0.4 is 0 Å². The van der Waals surface area contributed by atoms with Crippen molar-refractivity contribution in [1.29, 1.82) is 0 Å². The topological polar surface area (TPSA) is 23.6 Å². The average Bonchev–Trinajstić information content (AvgIpc) is 3.11. The Kier molecular flexibility index (Phi) is 4.07. The van der Waals surface area contributed by atoms with Crippen LogP contribution in [0.15, 0.2) is 48.5 Å². The Morgan fingerprint density at radius 3 is 2.58 bits per heavy atom. The molecule has 1 fully saturated rings. The van der Waals surface area contributed by atoms with Crippen LogP contribution in [0.1, 0.15) is 27.9 Å². The van der Waals surface area contributed by atoms with Crippen molar-refractivity contribution in [2.75, 3.05) is 19.6 Å². The van der Waals surface area contributed by atoms with Gasteiger partial charge in [-0.3, -0.25) is 9.69 Å². The quantitative estimate of drug-likeness (QED) is 0.847. The number of halogens is 1. The highest BCUT2D eigenvalue weighted by Crippen LogP contribution is 2.25. The van der Waals surface area contributed by atoms with Gasteiger partial charge in [-0.1, -0.05) is 36.4 Å². The van der Waals surface area contributed by atoms with Gasteiger partial charge in [0, 0.05) is 32.2 Å². The van der Waals surface area contributed by atoms with Gasteiger partial charge in [0.25, 0.3) is 5.91 Å². The Labute approximate surface area is 141 Å². The van der Waals surface area contributed by atoms with E-state index in [-0.39, 0.29) is 11.5 Å². The molecule has 1 atom stereocenters. The summed E-state index contributed by atoms with van der Waals surface area (Å²) >= 11 is 0. The molecule has 0 spiro atoms. The number of carbonyl (C=O) groups excluding carboxylic acids is 1. The van der Waals surface area contributed by atoms with E-state index in [1.165, 1.54) is 17.2 Å². The molecule has 0 saturated carbocycles. The highest BCUT2D eigenvalue weighted by atomic mass is 19.1. The van der Waals surface area contributed by atoms with Gasteiger partial charge in [-0.2, -0.15) is 0 Å². The van der Waals surface area contributed by atoms with Gasteiger partial charge < -0.3 is 4.90 Å². The molecule has 1 amide bonds. The third kappa shape index (κ3) is 2.82. The second kappa shape index (κ2) is 6.36. The van der Waals surface area contributed by atoms with E-state index in [0.29, 0.717) is 19.1 Å². The summed E-state index contributed by atoms with van der Waals surface area (Å²) in [4.78, 5) is 16.8. The maximum Gasteiger partial charge on any atom is 0.256 e. The summed E-state index contributed by atoms with van der Waals surface area (Å²) in [6.07, 6.45) is 2.02. The van der Waals surface area contributed by atoms with Gasteiger partial charge in [0.05, 0.1) is 5.56 Å². The van der Waals surface area contributed by atoms with E-state index in [0.717, 1.165) is 25.9 Å². The molecule has 2 aromatic carbocycles. The first-order valence-corrected chi connectivity index (χ1v) is 8.57. The van der Waals surface area contributed by atoms with Crippen molar-refractivity contribution in [3.05, 3.63) is 71.0 Å². The van der Waals surface area contributed by atoms with Crippen molar-refractivity contribution in [3.8, 4) is 0 Å². The van der Waals surface area contributed by atoms with E-state index >= 15 is 0 Å². The SMILES string of the molecule is O=C(c1ccccc1F)N1CCC(N2CCc3ccccc3C2)C1. The number of carbonyl (C=O) groups is 1. The van der Waals surface area contributed by atoms with Crippen molar-refractivity contribution < 1.29 is 9.18 Å². The van der Waals surface area contributed by atoms with Gasteiger partial charge in [-0.05, 0) is 36.1 Å². The van der Waals surface area contributed by atoms with E-state index < -0.39 is 5.82 Å². The molecule has 124 valence electrons. The summed E-state index contributed by atoms with van der Waals surface area (Å²) < 4.78 is 13.9. The number of likely N-dealkylation sites (tertiary alicyclic amines) is 1. The largest absolute Gasteiger partial charge is 0.337 e. The lowest BCUT2D eigenvalue weighted by Crippen LogP contribution is -2.41. The molecule has 2 aliphatic heterocycles. The smallest absolute Gasteiger partial charge is 0.256 e. The maximum atomic E-state index is 13.9. The average molecular weight is 324 g/mol. The molecule has 1 unspecified atom stereocenters. The molecule has 0 aliphatic carbocycles. The van der Waals surface area contributed by atoms with Gasteiger partial charge in [-0.15, -0.1) is 0 Å². The van der Waals surface area contributed by atoms with E-state index in [2.05, 4.69) is 29.2 Å². The second-order valence-corrected chi connectivity index (χ2v) is 6.66. The van der Waals surface area contributed by atoms with Gasteiger partial charge in [0.1, 0.15) is 5.82 Å². The first-order chi connectivity index (χ1) is 11.7. The number of amides is 1. The van der Waals surface area contributed by atoms with Crippen LogP contribution in [0.5, 0.6) is 0 Å². The van der Waals surface area contributed by atoms with E-state index in [4.69, 9.17) is 0 Å². The summed E-state index contributed by atoms with van der Waals surface area (Å²) in [6, 6.07) is 15.2. The Morgan fingerprint density at radius 1 is 1.00 bits per heavy atom. The number of fused-ring (bicyclic) bond motifs is 1. The van der Waals surface area contributed by atoms with Gasteiger partial charge in [-0.25, -0.2) is 4.39 Å². The van der Waals surface area contributed by atoms with Crippen LogP contribution in [-0.4, -0.2) is 41.4 Å². The zero-order valence-corrected chi connectivity index (χ0v) is 13.6. The van der Waals surface area contributed by atoms with Gasteiger partial charge in [0.2, 0.25) is 0 Å². The van der Waals surface area contributed by atoms with Crippen molar-refractivity contribution >= 4 is 5.91 Å². The third-order valence-corrected chi connectivity index (χ3v) is 5.23. The zero-order chi connectivity index (χ0) is 16.5. The Hall–Kier alpha value is -2.20. The second-order valence-electron chi connectivity index (χ2n) is 6.66. The molecule has 0 bridgehead atoms. The summed E-state index contributed by atoms with van der Waals surface area (Å²) in [6.45, 7) is 3.37. The molecule has 4 heteroatoms. The fourth-order valence-corrected chi connectivity index (χ4v) is 3.86. The molecule has 2 heterocycles. The van der Waals surface area contributed by atoms with Crippen LogP contribution in [0.25, 0.3) is 0 Å². The van der Waals surface area contributed by atoms with Crippen LogP contribution >= 0.6 is 0 Å². The summed E-state index contributed by atoms with van der Waals surface area (Å²) in [7, 11) is 0. The number of hydrogen-bond acceptors (Lipinski definition) is 2. The summed E-state index contributed by atoms with van der Waals surface area (Å²) in [5.74, 6) is -0.620. The lowest BCUT2D eigenvalue weighted by atomic mass is 9.98. The van der Waals surface area contributed by atoms with E-state index in [1.807, 2.05) is 0 Å². The monoisotopic (exact) mass is 324 g/mol. The lowest BCUT2D eigenvalue weighted by Gasteiger charge is -2.33. The lowest BCUT2D eigenvalue weighted by molar-refractivity contribution is 0.0768. The molecule has 3 nitrogen and oxygen atoms in total. The fraction of sp³-hybridized carbons (Fsp3) is 0.350. The molecule has 0 N–H and O–H groups in total. The highest BCUT2D eigenvalue weighted by Gasteiger charge is 2.32. The Balaban J connectivity index is 1.44. The van der Waals surface area contributed by atoms with Gasteiger partial charge >= 0.3 is 0 Å². The predicted octanol–water partition coefficient (Wildman–Crippen LogP) is 3.10. The molecular weight excluding hydrogens is 303 g/mol. The predicted molar refractivity (Wildman–Crippen MR) is 91.3 cm³/mol. The zero-order valence-electron chi connectivity index (χ0n) is 13.6. The third-order valence-electron chi connectivity index (χ3n) is 5.23. The van der Waals surface area contributed by atoms with Crippen LogP contribution in [0.2, 0.25) is 0 Å². The van der Waals surface area contributed by atoms with Crippen molar-refractivity contribution in [3.63, 3.8) is 0 Å². The number of benzene rings is 2. The minimum atomic E-state index is -0.433. The molecule has 4 rings (SSSR count). The highest BCUT2D eigenvalue weighted by molar-refractivity contribution is 5.94. The first kappa shape index (κ1) is 15.3. The van der Waals surface area contributed by atoms with Gasteiger partial charge in [0.15, 0.2) is 0 Å². The molecule has 24 heavy (non-hydrogen) atoms. The first-order valence-electron chi connectivity index (χ1n) is 8.57. The van der Waals surface area contributed by atoms with Crippen molar-refractivity contribution in [2.24, 2.45) is 0 Å². The normalized spacial score (nSPS) is 20.9. The molecule has 0 aromatic heterocycles. The number of nitrogens with zero attached hydrogens (tertiary/aromatic N) is 2. The molecule has 1 saturated heterocycles. The van der Waals surface area contributed by atoms with E-state index in [1.54, 1.807) is 23.1 Å². The minimum Gasteiger partial charge on any atom is -0.337 e. The Morgan fingerprint density at radius 2 is 1.75 bits per heavy atom.